The van der Waals surface area contributed by atoms with Crippen LogP contribution in [0.25, 0.3) is 22.6 Å². The molecule has 2 aromatic heterocycles. The molecule has 0 radical (unpaired) electrons. The van der Waals surface area contributed by atoms with Crippen LogP contribution < -0.4 is 20.3 Å². The second-order valence-corrected chi connectivity index (χ2v) is 8.95. The van der Waals surface area contributed by atoms with Gasteiger partial charge >= 0.3 is 0 Å². The summed E-state index contributed by atoms with van der Waals surface area (Å²) in [6.07, 6.45) is 2.82. The number of ether oxygens (including phenoxy) is 2. The normalized spacial score (nSPS) is 14.7. The molecule has 3 N–H and O–H groups in total. The third-order valence-electron chi connectivity index (χ3n) is 6.30. The maximum absolute atomic E-state index is 12.2. The Labute approximate surface area is 217 Å². The minimum atomic E-state index is -0.617. The van der Waals surface area contributed by atoms with Gasteiger partial charge in [-0.25, -0.2) is 9.97 Å². The van der Waals surface area contributed by atoms with E-state index in [9.17, 15) is 9.90 Å². The summed E-state index contributed by atoms with van der Waals surface area (Å²) < 4.78 is 11.3. The first-order valence-corrected chi connectivity index (χ1v) is 12.4. The van der Waals surface area contributed by atoms with Gasteiger partial charge in [-0.3, -0.25) is 9.78 Å². The minimum Gasteiger partial charge on any atom is -0.491 e. The smallest absolute Gasteiger partial charge is 0.269 e. The van der Waals surface area contributed by atoms with Crippen molar-refractivity contribution in [3.8, 4) is 28.4 Å². The van der Waals surface area contributed by atoms with Crippen LogP contribution in [-0.2, 0) is 4.74 Å². The Morgan fingerprint density at radius 2 is 1.97 bits per heavy atom. The minimum absolute atomic E-state index is 0.169. The summed E-state index contributed by atoms with van der Waals surface area (Å²) in [5.74, 6) is 1.67. The Kier molecular flexibility index (Phi) is 8.99. The van der Waals surface area contributed by atoms with Crippen molar-refractivity contribution in [2.75, 3.05) is 52.4 Å². The van der Waals surface area contributed by atoms with Crippen molar-refractivity contribution in [2.45, 2.75) is 25.0 Å². The zero-order valence-corrected chi connectivity index (χ0v) is 21.5. The Morgan fingerprint density at radius 1 is 1.16 bits per heavy atom. The third-order valence-corrected chi connectivity index (χ3v) is 6.30. The second kappa shape index (κ2) is 12.6. The monoisotopic (exact) mass is 506 g/mol. The fourth-order valence-corrected chi connectivity index (χ4v) is 4.21. The fraction of sp³-hybridized carbons (Fsp3) is 0.407. The van der Waals surface area contributed by atoms with Gasteiger partial charge in [-0.15, -0.1) is 0 Å². The van der Waals surface area contributed by atoms with E-state index in [2.05, 4.69) is 20.5 Å². The van der Waals surface area contributed by atoms with Gasteiger partial charge in [0.1, 0.15) is 30.0 Å². The number of carbonyl (C=O) groups is 1. The number of rotatable bonds is 10. The summed E-state index contributed by atoms with van der Waals surface area (Å²) >= 11 is 0. The number of carbonyl (C=O) groups excluding carboxylic acids is 1. The highest BCUT2D eigenvalue weighted by Crippen LogP contribution is 2.29. The zero-order chi connectivity index (χ0) is 26.2. The number of aliphatic hydroxyl groups excluding tert-OH is 1. The molecular formula is C27H34N6O4. The predicted octanol–water partition coefficient (Wildman–Crippen LogP) is 2.14. The van der Waals surface area contributed by atoms with Crippen LogP contribution in [0.5, 0.6) is 5.75 Å². The van der Waals surface area contributed by atoms with Crippen molar-refractivity contribution < 1.29 is 19.4 Å². The molecule has 1 fully saturated rings. The van der Waals surface area contributed by atoms with Crippen LogP contribution >= 0.6 is 0 Å². The van der Waals surface area contributed by atoms with Gasteiger partial charge in [-0.2, -0.15) is 0 Å². The molecule has 4 rings (SSSR count). The number of aromatic nitrogens is 3. The summed E-state index contributed by atoms with van der Waals surface area (Å²) in [4.78, 5) is 28.3. The molecule has 10 heteroatoms. The molecule has 1 aromatic carbocycles. The number of hydrogen-bond acceptors (Lipinski definition) is 9. The van der Waals surface area contributed by atoms with Crippen LogP contribution in [0.3, 0.4) is 0 Å². The number of benzene rings is 1. The van der Waals surface area contributed by atoms with Gasteiger partial charge in [0.25, 0.3) is 5.91 Å². The van der Waals surface area contributed by atoms with Crippen molar-refractivity contribution in [2.24, 2.45) is 0 Å². The van der Waals surface area contributed by atoms with Crippen molar-refractivity contribution in [1.29, 1.82) is 0 Å². The number of anilines is 1. The maximum atomic E-state index is 12.2. The molecule has 0 aliphatic carbocycles. The van der Waals surface area contributed by atoms with E-state index in [4.69, 9.17) is 19.4 Å². The predicted molar refractivity (Wildman–Crippen MR) is 142 cm³/mol. The van der Waals surface area contributed by atoms with Crippen molar-refractivity contribution >= 4 is 11.7 Å². The Hall–Kier alpha value is -3.60. The summed E-state index contributed by atoms with van der Waals surface area (Å²) in [5, 5.41) is 15.5. The molecule has 1 amide bonds. The molecule has 1 aliphatic heterocycles. The van der Waals surface area contributed by atoms with E-state index in [1.807, 2.05) is 43.4 Å². The molecular weight excluding hydrogens is 472 g/mol. The lowest BCUT2D eigenvalue weighted by Gasteiger charge is -2.32. The summed E-state index contributed by atoms with van der Waals surface area (Å²) in [6.45, 7) is 2.05. The lowest BCUT2D eigenvalue weighted by molar-refractivity contribution is 0.0853. The molecule has 0 saturated carbocycles. The van der Waals surface area contributed by atoms with Crippen LogP contribution in [0, 0.1) is 0 Å². The number of pyridine rings is 1. The quantitative estimate of drug-likeness (QED) is 0.380. The van der Waals surface area contributed by atoms with Gasteiger partial charge in [0.15, 0.2) is 5.82 Å². The van der Waals surface area contributed by atoms with E-state index >= 15 is 0 Å². The molecule has 1 aliphatic rings. The summed E-state index contributed by atoms with van der Waals surface area (Å²) in [5.41, 5.74) is 2.54. The van der Waals surface area contributed by atoms with E-state index in [1.54, 1.807) is 26.4 Å². The highest BCUT2D eigenvalue weighted by Gasteiger charge is 2.22. The number of aliphatic hydroxyl groups is 1. The van der Waals surface area contributed by atoms with E-state index in [-0.39, 0.29) is 12.5 Å². The molecule has 1 atom stereocenters. The number of hydrogen-bond donors (Lipinski definition) is 3. The Bertz CT molecular complexity index is 1200. The first kappa shape index (κ1) is 26.5. The second-order valence-electron chi connectivity index (χ2n) is 8.95. The molecule has 0 spiro atoms. The topological polar surface area (TPSA) is 122 Å². The summed E-state index contributed by atoms with van der Waals surface area (Å²) in [7, 11) is 5.40. The van der Waals surface area contributed by atoms with Crippen LogP contribution in [0.1, 0.15) is 23.3 Å². The molecule has 3 aromatic rings. The number of nitrogens with zero attached hydrogens (tertiary/aromatic N) is 4. The van der Waals surface area contributed by atoms with Crippen LogP contribution in [0.2, 0.25) is 0 Å². The highest BCUT2D eigenvalue weighted by atomic mass is 16.5. The van der Waals surface area contributed by atoms with Crippen molar-refractivity contribution in [3.05, 3.63) is 54.4 Å². The lowest BCUT2D eigenvalue weighted by atomic mass is 10.1. The molecule has 10 nitrogen and oxygen atoms in total. The molecule has 196 valence electrons. The van der Waals surface area contributed by atoms with Gasteiger partial charge in [0.2, 0.25) is 0 Å². The average Bonchev–Trinajstić information content (AvgIpc) is 2.96. The Morgan fingerprint density at radius 3 is 2.73 bits per heavy atom. The SMILES string of the molecule is CNCC(O)COc1cccc(-c2nc(-c3ccnc(C(=O)NC)c3)cc(N(C)C3CCOCC3)n2)c1. The van der Waals surface area contributed by atoms with Crippen molar-refractivity contribution in [3.63, 3.8) is 0 Å². The number of nitrogens with one attached hydrogen (secondary N) is 2. The lowest BCUT2D eigenvalue weighted by Crippen LogP contribution is -2.37. The molecule has 1 unspecified atom stereocenters. The maximum Gasteiger partial charge on any atom is 0.269 e. The summed E-state index contributed by atoms with van der Waals surface area (Å²) in [6, 6.07) is 13.3. The first-order valence-electron chi connectivity index (χ1n) is 12.4. The van der Waals surface area contributed by atoms with E-state index < -0.39 is 6.10 Å². The standard InChI is InChI=1S/C27H34N6O4/c1-28-16-21(34)17-37-22-6-4-5-19(13-22)26-31-23(18-7-10-30-24(14-18)27(35)29-2)15-25(32-26)33(3)20-8-11-36-12-9-20/h4-7,10,13-15,20-21,28,34H,8-9,11-12,16-17H2,1-3H3,(H,29,35). The van der Waals surface area contributed by atoms with Gasteiger partial charge in [0.05, 0.1) is 5.69 Å². The van der Waals surface area contributed by atoms with Crippen LogP contribution in [0.15, 0.2) is 48.7 Å². The number of likely N-dealkylation sites (N-methyl/N-ethyl adjacent to an activating group) is 1. The molecule has 3 heterocycles. The molecule has 1 saturated heterocycles. The third kappa shape index (κ3) is 6.79. The average molecular weight is 507 g/mol. The molecule has 37 heavy (non-hydrogen) atoms. The van der Waals surface area contributed by atoms with E-state index in [1.165, 1.54) is 0 Å². The van der Waals surface area contributed by atoms with Gasteiger partial charge < -0.3 is 30.1 Å². The van der Waals surface area contributed by atoms with E-state index in [0.717, 1.165) is 43.0 Å². The van der Waals surface area contributed by atoms with Crippen LogP contribution in [0.4, 0.5) is 5.82 Å². The van der Waals surface area contributed by atoms with Gasteiger partial charge in [-0.1, -0.05) is 12.1 Å². The Balaban J connectivity index is 1.72. The first-order chi connectivity index (χ1) is 18.0. The molecule has 0 bridgehead atoms. The van der Waals surface area contributed by atoms with Crippen molar-refractivity contribution in [1.82, 2.24) is 25.6 Å². The number of amides is 1. The van der Waals surface area contributed by atoms with E-state index in [0.29, 0.717) is 35.5 Å². The highest BCUT2D eigenvalue weighted by molar-refractivity contribution is 5.93. The van der Waals surface area contributed by atoms with Crippen LogP contribution in [-0.4, -0.2) is 85.6 Å². The van der Waals surface area contributed by atoms with Gasteiger partial charge in [-0.05, 0) is 44.2 Å². The van der Waals surface area contributed by atoms with Gasteiger partial charge in [0, 0.05) is 63.3 Å². The fourth-order valence-electron chi connectivity index (χ4n) is 4.21. The largest absolute Gasteiger partial charge is 0.491 e. The zero-order valence-electron chi connectivity index (χ0n) is 21.5.